The summed E-state index contributed by atoms with van der Waals surface area (Å²) in [7, 11) is 1.61. The van der Waals surface area contributed by atoms with Gasteiger partial charge in [0.2, 0.25) is 0 Å². The van der Waals surface area contributed by atoms with Crippen molar-refractivity contribution in [3.05, 3.63) is 100 Å². The van der Waals surface area contributed by atoms with Gasteiger partial charge in [0.1, 0.15) is 41.3 Å². The van der Waals surface area contributed by atoms with E-state index in [1.807, 2.05) is 41.3 Å². The van der Waals surface area contributed by atoms with Crippen LogP contribution in [0.2, 0.25) is 5.02 Å². The van der Waals surface area contributed by atoms with Crippen molar-refractivity contribution in [1.82, 2.24) is 19.9 Å². The number of aromatic nitrogens is 3. The summed E-state index contributed by atoms with van der Waals surface area (Å²) in [5.41, 5.74) is 2.52. The van der Waals surface area contributed by atoms with Crippen LogP contribution < -0.4 is 0 Å². The first kappa shape index (κ1) is 30.3. The SMILES string of the molecule is COC1C(Sc2cc(Cl)ccc2C(=O)N2CCC2)OC2COC(c3ccccc3)OC2C1n1cc(-c2ccc(C)c(F)c2)nn1. The molecule has 3 aliphatic rings. The standard InChI is InChI=1S/C33H32ClFN4O5S/c1-19-9-10-21(15-24(19)35)25-17-39(37-36-25)28-29-26(18-42-32(44-29)20-7-4-3-5-8-20)43-33(30(28)41-2)45-27-16-22(34)11-12-23(27)31(40)38-13-6-14-38/h3-5,7-12,15-17,26,28-30,32-33H,6,13-14,18H2,1-2H3. The third kappa shape index (κ3) is 6.00. The summed E-state index contributed by atoms with van der Waals surface area (Å²) in [5.74, 6) is -0.358. The summed E-state index contributed by atoms with van der Waals surface area (Å²) >= 11 is 7.80. The molecule has 12 heteroatoms. The van der Waals surface area contributed by atoms with Gasteiger partial charge in [-0.2, -0.15) is 0 Å². The van der Waals surface area contributed by atoms with E-state index in [0.717, 1.165) is 25.1 Å². The lowest BCUT2D eigenvalue weighted by Crippen LogP contribution is -2.59. The topological polar surface area (TPSA) is 87.9 Å². The zero-order valence-electron chi connectivity index (χ0n) is 24.7. The van der Waals surface area contributed by atoms with Crippen LogP contribution in [0.4, 0.5) is 4.39 Å². The van der Waals surface area contributed by atoms with Crippen LogP contribution in [-0.2, 0) is 18.9 Å². The van der Waals surface area contributed by atoms with Crippen LogP contribution in [0, 0.1) is 12.7 Å². The number of carbonyl (C=O) groups excluding carboxylic acids is 1. The van der Waals surface area contributed by atoms with Crippen molar-refractivity contribution in [3.63, 3.8) is 0 Å². The Morgan fingerprint density at radius 3 is 2.64 bits per heavy atom. The molecule has 9 nitrogen and oxygen atoms in total. The molecule has 4 heterocycles. The molecule has 3 fully saturated rings. The average Bonchev–Trinajstić information content (AvgIpc) is 3.51. The number of carbonyl (C=O) groups is 1. The van der Waals surface area contributed by atoms with Crippen molar-refractivity contribution in [2.75, 3.05) is 26.8 Å². The fourth-order valence-electron chi connectivity index (χ4n) is 5.88. The van der Waals surface area contributed by atoms with Crippen LogP contribution in [0.5, 0.6) is 0 Å². The first-order valence-corrected chi connectivity index (χ1v) is 16.1. The van der Waals surface area contributed by atoms with Crippen LogP contribution in [0.25, 0.3) is 11.3 Å². The van der Waals surface area contributed by atoms with Crippen LogP contribution in [0.1, 0.15) is 40.2 Å². The van der Waals surface area contributed by atoms with E-state index >= 15 is 0 Å². The highest BCUT2D eigenvalue weighted by atomic mass is 35.5. The van der Waals surface area contributed by atoms with Crippen molar-refractivity contribution < 1.29 is 28.1 Å². The Morgan fingerprint density at radius 1 is 1.09 bits per heavy atom. The Hall–Kier alpha value is -3.32. The number of nitrogens with zero attached hydrogens (tertiary/aromatic N) is 4. The van der Waals surface area contributed by atoms with E-state index in [4.69, 9.17) is 30.5 Å². The highest BCUT2D eigenvalue weighted by Crippen LogP contribution is 2.45. The van der Waals surface area contributed by atoms with Crippen LogP contribution >= 0.6 is 23.4 Å². The van der Waals surface area contributed by atoms with E-state index in [0.29, 0.717) is 32.3 Å². The van der Waals surface area contributed by atoms with Crippen molar-refractivity contribution in [2.45, 2.75) is 54.3 Å². The lowest BCUT2D eigenvalue weighted by atomic mass is 9.95. The van der Waals surface area contributed by atoms with Crippen molar-refractivity contribution in [1.29, 1.82) is 0 Å². The number of fused-ring (bicyclic) bond motifs is 1. The number of amides is 1. The quantitative estimate of drug-likeness (QED) is 0.238. The predicted octanol–water partition coefficient (Wildman–Crippen LogP) is 6.08. The van der Waals surface area contributed by atoms with Gasteiger partial charge in [-0.1, -0.05) is 71.0 Å². The van der Waals surface area contributed by atoms with Gasteiger partial charge in [-0.25, -0.2) is 9.07 Å². The molecule has 3 saturated heterocycles. The number of aryl methyl sites for hydroxylation is 1. The second-order valence-corrected chi connectivity index (χ2v) is 12.9. The van der Waals surface area contributed by atoms with Gasteiger partial charge in [0.25, 0.3) is 5.91 Å². The molecule has 3 aliphatic heterocycles. The van der Waals surface area contributed by atoms with Crippen molar-refractivity contribution >= 4 is 29.3 Å². The van der Waals surface area contributed by atoms with Crippen LogP contribution in [0.3, 0.4) is 0 Å². The molecule has 0 spiro atoms. The van der Waals surface area contributed by atoms with Gasteiger partial charge >= 0.3 is 0 Å². The summed E-state index contributed by atoms with van der Waals surface area (Å²) < 4.78 is 41.7. The lowest BCUT2D eigenvalue weighted by Gasteiger charge is -2.48. The van der Waals surface area contributed by atoms with E-state index in [2.05, 4.69) is 10.3 Å². The smallest absolute Gasteiger partial charge is 0.254 e. The van der Waals surface area contributed by atoms with Crippen LogP contribution in [-0.4, -0.2) is 76.4 Å². The van der Waals surface area contributed by atoms with Crippen molar-refractivity contribution in [2.24, 2.45) is 0 Å². The van der Waals surface area contributed by atoms with E-state index < -0.39 is 36.1 Å². The number of hydrogen-bond acceptors (Lipinski definition) is 8. The monoisotopic (exact) mass is 650 g/mol. The maximum atomic E-state index is 14.5. The average molecular weight is 651 g/mol. The van der Waals surface area contributed by atoms with Gasteiger partial charge in [0.05, 0.1) is 18.4 Å². The van der Waals surface area contributed by atoms with Gasteiger partial charge in [0, 0.05) is 41.2 Å². The minimum absolute atomic E-state index is 0.0408. The molecule has 0 saturated carbocycles. The van der Waals surface area contributed by atoms with E-state index in [1.165, 1.54) is 17.8 Å². The molecular formula is C33H32ClFN4O5S. The molecular weight excluding hydrogens is 619 g/mol. The summed E-state index contributed by atoms with van der Waals surface area (Å²) in [6.45, 7) is 3.44. The van der Waals surface area contributed by atoms with E-state index in [1.54, 1.807) is 49.2 Å². The van der Waals surface area contributed by atoms with Gasteiger partial charge in [-0.15, -0.1) is 5.10 Å². The van der Waals surface area contributed by atoms with E-state index in [-0.39, 0.29) is 18.3 Å². The molecule has 1 aromatic heterocycles. The zero-order valence-corrected chi connectivity index (χ0v) is 26.3. The minimum Gasteiger partial charge on any atom is -0.375 e. The molecule has 234 valence electrons. The van der Waals surface area contributed by atoms with Gasteiger partial charge in [-0.3, -0.25) is 4.79 Å². The third-order valence-corrected chi connectivity index (χ3v) is 9.94. The first-order valence-electron chi connectivity index (χ1n) is 14.8. The zero-order chi connectivity index (χ0) is 31.1. The molecule has 0 aliphatic carbocycles. The summed E-state index contributed by atoms with van der Waals surface area (Å²) in [6.07, 6.45) is 0.528. The molecule has 0 bridgehead atoms. The second kappa shape index (κ2) is 12.8. The number of ether oxygens (including phenoxy) is 4. The van der Waals surface area contributed by atoms with Gasteiger partial charge < -0.3 is 23.8 Å². The maximum absolute atomic E-state index is 14.5. The number of rotatable bonds is 7. The number of halogens is 2. The Balaban J connectivity index is 1.24. The molecule has 0 N–H and O–H groups in total. The molecule has 3 aromatic carbocycles. The maximum Gasteiger partial charge on any atom is 0.254 e. The summed E-state index contributed by atoms with van der Waals surface area (Å²) in [6, 6.07) is 19.5. The fourth-order valence-corrected chi connectivity index (χ4v) is 7.45. The lowest BCUT2D eigenvalue weighted by molar-refractivity contribution is -0.308. The predicted molar refractivity (Wildman–Crippen MR) is 166 cm³/mol. The number of thioether (sulfide) groups is 1. The summed E-state index contributed by atoms with van der Waals surface area (Å²) in [5, 5.41) is 9.41. The third-order valence-electron chi connectivity index (χ3n) is 8.50. The van der Waals surface area contributed by atoms with Gasteiger partial charge in [-0.05, 0) is 43.2 Å². The number of benzene rings is 3. The highest BCUT2D eigenvalue weighted by Gasteiger charge is 2.52. The van der Waals surface area contributed by atoms with Crippen LogP contribution in [0.15, 0.2) is 77.8 Å². The Kier molecular flexibility index (Phi) is 8.64. The second-order valence-electron chi connectivity index (χ2n) is 11.4. The molecule has 0 radical (unpaired) electrons. The largest absolute Gasteiger partial charge is 0.375 e. The first-order chi connectivity index (χ1) is 21.9. The van der Waals surface area contributed by atoms with Crippen molar-refractivity contribution in [3.8, 4) is 11.3 Å². The minimum atomic E-state index is -0.622. The highest BCUT2D eigenvalue weighted by molar-refractivity contribution is 8.00. The molecule has 6 unspecified atom stereocenters. The molecule has 1 amide bonds. The van der Waals surface area contributed by atoms with Gasteiger partial charge in [0.15, 0.2) is 6.29 Å². The van der Waals surface area contributed by atoms with E-state index in [9.17, 15) is 9.18 Å². The molecule has 6 atom stereocenters. The summed E-state index contributed by atoms with van der Waals surface area (Å²) in [4.78, 5) is 15.8. The molecule has 4 aromatic rings. The number of hydrogen-bond donors (Lipinski definition) is 0. The fraction of sp³-hybridized carbons (Fsp3) is 0.364. The Labute approximate surface area is 269 Å². The number of methoxy groups -OCH3 is 1. The Bertz CT molecular complexity index is 1690. The molecule has 45 heavy (non-hydrogen) atoms. The Morgan fingerprint density at radius 2 is 1.91 bits per heavy atom. The normalized spacial score (nSPS) is 26.3. The number of likely N-dealkylation sites (tertiary alicyclic amines) is 1. The molecule has 7 rings (SSSR count).